The van der Waals surface area contributed by atoms with Crippen molar-refractivity contribution in [2.45, 2.75) is 51.5 Å². The average molecular weight is 217 g/mol. The summed E-state index contributed by atoms with van der Waals surface area (Å²) in [7, 11) is 2.07. The minimum atomic E-state index is 0.197. The second-order valence-electron chi connectivity index (χ2n) is 5.62. The van der Waals surface area contributed by atoms with Crippen LogP contribution in [-0.4, -0.2) is 12.6 Å². The van der Waals surface area contributed by atoms with E-state index in [1.807, 2.05) is 0 Å². The summed E-state index contributed by atoms with van der Waals surface area (Å²) in [5, 5.41) is 3.47. The van der Waals surface area contributed by atoms with Gasteiger partial charge < -0.3 is 5.32 Å². The Hall–Kier alpha value is -0.820. The van der Waals surface area contributed by atoms with E-state index < -0.39 is 0 Å². The summed E-state index contributed by atoms with van der Waals surface area (Å²) >= 11 is 0. The fourth-order valence-corrected chi connectivity index (χ4v) is 2.84. The molecule has 0 amide bonds. The third-order valence-corrected chi connectivity index (χ3v) is 4.13. The van der Waals surface area contributed by atoms with Gasteiger partial charge in [-0.1, -0.05) is 23.8 Å². The number of likely N-dealkylation sites (N-methyl/N-ethyl adjacent to an activating group) is 1. The van der Waals surface area contributed by atoms with Crippen molar-refractivity contribution in [1.82, 2.24) is 5.32 Å². The highest BCUT2D eigenvalue weighted by atomic mass is 14.9. The molecule has 1 atom stereocenters. The Bertz CT molecular complexity index is 379. The molecule has 1 aliphatic carbocycles. The van der Waals surface area contributed by atoms with Crippen molar-refractivity contribution in [3.05, 3.63) is 34.9 Å². The molecule has 16 heavy (non-hydrogen) atoms. The zero-order valence-electron chi connectivity index (χ0n) is 10.9. The minimum Gasteiger partial charge on any atom is -0.314 e. The standard InChI is InChI=1S/C15H23N/c1-11-8-9-12-6-5-7-14(13(12)10-11)15(2,3)16-4/h8-10,14,16H,5-7H2,1-4H3. The first kappa shape index (κ1) is 11.7. The van der Waals surface area contributed by atoms with E-state index >= 15 is 0 Å². The number of benzene rings is 1. The van der Waals surface area contributed by atoms with Crippen LogP contribution in [0.2, 0.25) is 0 Å². The SMILES string of the molecule is CNC(C)(C)C1CCCc2ccc(C)cc21. The monoisotopic (exact) mass is 217 g/mol. The normalized spacial score (nSPS) is 20.6. The number of hydrogen-bond donors (Lipinski definition) is 1. The van der Waals surface area contributed by atoms with Crippen LogP contribution in [-0.2, 0) is 6.42 Å². The topological polar surface area (TPSA) is 12.0 Å². The van der Waals surface area contributed by atoms with E-state index in [0.717, 1.165) is 0 Å². The molecule has 0 aliphatic heterocycles. The molecule has 0 bridgehead atoms. The molecule has 1 aliphatic rings. The van der Waals surface area contributed by atoms with E-state index in [2.05, 4.69) is 51.3 Å². The Morgan fingerprint density at radius 1 is 1.31 bits per heavy atom. The number of aryl methyl sites for hydroxylation is 2. The first-order valence-corrected chi connectivity index (χ1v) is 6.33. The maximum atomic E-state index is 3.47. The molecule has 0 radical (unpaired) electrons. The maximum Gasteiger partial charge on any atom is 0.0190 e. The van der Waals surface area contributed by atoms with Gasteiger partial charge in [-0.2, -0.15) is 0 Å². The van der Waals surface area contributed by atoms with Gasteiger partial charge in [0.25, 0.3) is 0 Å². The lowest BCUT2D eigenvalue weighted by molar-refractivity contribution is 0.312. The molecule has 1 heteroatoms. The molecule has 2 rings (SSSR count). The van der Waals surface area contributed by atoms with Gasteiger partial charge >= 0.3 is 0 Å². The summed E-state index contributed by atoms with van der Waals surface area (Å²) < 4.78 is 0. The molecule has 1 nitrogen and oxygen atoms in total. The number of hydrogen-bond acceptors (Lipinski definition) is 1. The van der Waals surface area contributed by atoms with Gasteiger partial charge in [-0.25, -0.2) is 0 Å². The first-order chi connectivity index (χ1) is 7.54. The Balaban J connectivity index is 2.43. The van der Waals surface area contributed by atoms with E-state index in [9.17, 15) is 0 Å². The molecular formula is C15H23N. The molecule has 0 saturated carbocycles. The fraction of sp³-hybridized carbons (Fsp3) is 0.600. The van der Waals surface area contributed by atoms with Crippen LogP contribution in [0.4, 0.5) is 0 Å². The average Bonchev–Trinajstić information content (AvgIpc) is 2.28. The lowest BCUT2D eigenvalue weighted by atomic mass is 9.72. The molecule has 0 saturated heterocycles. The van der Waals surface area contributed by atoms with Gasteiger partial charge in [-0.05, 0) is 58.2 Å². The summed E-state index contributed by atoms with van der Waals surface area (Å²) in [5.74, 6) is 0.654. The third kappa shape index (κ3) is 2.01. The molecule has 0 heterocycles. The highest BCUT2D eigenvalue weighted by Gasteiger charge is 2.32. The van der Waals surface area contributed by atoms with Crippen LogP contribution in [0.5, 0.6) is 0 Å². The van der Waals surface area contributed by atoms with Crippen LogP contribution in [0, 0.1) is 6.92 Å². The zero-order chi connectivity index (χ0) is 11.8. The molecule has 1 unspecified atom stereocenters. The summed E-state index contributed by atoms with van der Waals surface area (Å²) in [6.45, 7) is 6.82. The summed E-state index contributed by atoms with van der Waals surface area (Å²) in [4.78, 5) is 0. The van der Waals surface area contributed by atoms with Gasteiger partial charge in [0.1, 0.15) is 0 Å². The molecule has 1 aromatic rings. The highest BCUT2D eigenvalue weighted by Crippen LogP contribution is 2.39. The molecule has 88 valence electrons. The van der Waals surface area contributed by atoms with Crippen LogP contribution in [0.25, 0.3) is 0 Å². The first-order valence-electron chi connectivity index (χ1n) is 6.33. The summed E-state index contributed by atoms with van der Waals surface area (Å²) in [5.41, 5.74) is 4.72. The predicted molar refractivity (Wildman–Crippen MR) is 70.0 cm³/mol. The van der Waals surface area contributed by atoms with Gasteiger partial charge in [-0.15, -0.1) is 0 Å². The van der Waals surface area contributed by atoms with E-state index in [-0.39, 0.29) is 5.54 Å². The number of fused-ring (bicyclic) bond motifs is 1. The zero-order valence-corrected chi connectivity index (χ0v) is 10.9. The maximum absolute atomic E-state index is 3.47. The van der Waals surface area contributed by atoms with E-state index in [1.165, 1.54) is 24.8 Å². The molecular weight excluding hydrogens is 194 g/mol. The Morgan fingerprint density at radius 2 is 2.06 bits per heavy atom. The quantitative estimate of drug-likeness (QED) is 0.800. The summed E-state index contributed by atoms with van der Waals surface area (Å²) in [6.07, 6.45) is 3.89. The van der Waals surface area contributed by atoms with Crippen molar-refractivity contribution < 1.29 is 0 Å². The van der Waals surface area contributed by atoms with E-state index in [1.54, 1.807) is 11.1 Å². The van der Waals surface area contributed by atoms with Gasteiger partial charge in [0, 0.05) is 11.5 Å². The third-order valence-electron chi connectivity index (χ3n) is 4.13. The van der Waals surface area contributed by atoms with Crippen molar-refractivity contribution in [3.63, 3.8) is 0 Å². The summed E-state index contributed by atoms with van der Waals surface area (Å²) in [6, 6.07) is 6.95. The molecule has 0 spiro atoms. The van der Waals surface area contributed by atoms with Crippen molar-refractivity contribution >= 4 is 0 Å². The Labute approximate surface area is 99.3 Å². The lowest BCUT2D eigenvalue weighted by Crippen LogP contribution is -2.43. The van der Waals surface area contributed by atoms with Crippen LogP contribution in [0.3, 0.4) is 0 Å². The van der Waals surface area contributed by atoms with Crippen molar-refractivity contribution in [3.8, 4) is 0 Å². The van der Waals surface area contributed by atoms with E-state index in [4.69, 9.17) is 0 Å². The molecule has 0 aromatic heterocycles. The van der Waals surface area contributed by atoms with Gasteiger partial charge in [0.2, 0.25) is 0 Å². The van der Waals surface area contributed by atoms with Crippen molar-refractivity contribution in [2.75, 3.05) is 7.05 Å². The second-order valence-corrected chi connectivity index (χ2v) is 5.62. The van der Waals surface area contributed by atoms with Crippen LogP contribution < -0.4 is 5.32 Å². The highest BCUT2D eigenvalue weighted by molar-refractivity contribution is 5.38. The van der Waals surface area contributed by atoms with Crippen molar-refractivity contribution in [2.24, 2.45) is 0 Å². The smallest absolute Gasteiger partial charge is 0.0190 e. The second kappa shape index (κ2) is 4.21. The van der Waals surface area contributed by atoms with E-state index in [0.29, 0.717) is 5.92 Å². The van der Waals surface area contributed by atoms with Gasteiger partial charge in [0.15, 0.2) is 0 Å². The van der Waals surface area contributed by atoms with Gasteiger partial charge in [0.05, 0.1) is 0 Å². The molecule has 0 fully saturated rings. The predicted octanol–water partition coefficient (Wildman–Crippen LogP) is 3.41. The number of rotatable bonds is 2. The van der Waals surface area contributed by atoms with Gasteiger partial charge in [-0.3, -0.25) is 0 Å². The largest absolute Gasteiger partial charge is 0.314 e. The van der Waals surface area contributed by atoms with Crippen LogP contribution in [0.1, 0.15) is 49.3 Å². The molecule has 1 N–H and O–H groups in total. The Kier molecular flexibility index (Phi) is 3.07. The Morgan fingerprint density at radius 3 is 2.75 bits per heavy atom. The lowest BCUT2D eigenvalue weighted by Gasteiger charge is -2.38. The molecule has 1 aromatic carbocycles. The van der Waals surface area contributed by atoms with Crippen molar-refractivity contribution in [1.29, 1.82) is 0 Å². The fourth-order valence-electron chi connectivity index (χ4n) is 2.84. The van der Waals surface area contributed by atoms with Crippen LogP contribution >= 0.6 is 0 Å². The minimum absolute atomic E-state index is 0.197. The van der Waals surface area contributed by atoms with Crippen LogP contribution in [0.15, 0.2) is 18.2 Å². The number of nitrogens with one attached hydrogen (secondary N) is 1.